The minimum atomic E-state index is -0.482. The van der Waals surface area contributed by atoms with Gasteiger partial charge >= 0.3 is 6.03 Å². The fourth-order valence-electron chi connectivity index (χ4n) is 1.54. The Hall–Kier alpha value is -1.03. The first-order chi connectivity index (χ1) is 7.06. The van der Waals surface area contributed by atoms with E-state index in [1.54, 1.807) is 0 Å². The third kappa shape index (κ3) is 3.91. The first-order valence-corrected chi connectivity index (χ1v) is 5.42. The lowest BCUT2D eigenvalue weighted by Crippen LogP contribution is -2.52. The van der Waals surface area contributed by atoms with Crippen LogP contribution in [0.4, 0.5) is 4.79 Å². The molecular formula is C10H15ClN2O2. The topological polar surface area (TPSA) is 58.2 Å². The molecular weight excluding hydrogens is 216 g/mol. The predicted octanol–water partition coefficient (Wildman–Crippen LogP) is 1.55. The predicted molar refractivity (Wildman–Crippen MR) is 58.8 cm³/mol. The van der Waals surface area contributed by atoms with Crippen LogP contribution in [0.3, 0.4) is 0 Å². The quantitative estimate of drug-likeness (QED) is 0.559. The second-order valence-corrected chi connectivity index (χ2v) is 4.18. The van der Waals surface area contributed by atoms with Gasteiger partial charge in [-0.3, -0.25) is 10.1 Å². The molecule has 2 N–H and O–H groups in total. The number of carbonyl (C=O) groups is 2. The van der Waals surface area contributed by atoms with Crippen LogP contribution in [0, 0.1) is 0 Å². The average molecular weight is 231 g/mol. The molecule has 1 unspecified atom stereocenters. The molecule has 1 rings (SSSR count). The minimum Gasteiger partial charge on any atom is -0.332 e. The number of alkyl halides is 1. The summed E-state index contributed by atoms with van der Waals surface area (Å²) in [5.74, 6) is -0.687. The van der Waals surface area contributed by atoms with E-state index in [2.05, 4.69) is 16.7 Å². The molecule has 15 heavy (non-hydrogen) atoms. The number of urea groups is 1. The second kappa shape index (κ2) is 5.16. The van der Waals surface area contributed by atoms with Gasteiger partial charge in [0.1, 0.15) is 5.88 Å². The molecule has 0 aromatic heterocycles. The highest BCUT2D eigenvalue weighted by atomic mass is 35.5. The maximum absolute atomic E-state index is 11.4. The number of carbonyl (C=O) groups excluding carboxylic acids is 2. The number of rotatable bonds is 2. The third-order valence-corrected chi connectivity index (χ3v) is 2.63. The maximum Gasteiger partial charge on any atom is 0.321 e. The molecule has 0 saturated heterocycles. The maximum atomic E-state index is 11.4. The Bertz CT molecular complexity index is 291. The second-order valence-electron chi connectivity index (χ2n) is 3.91. The molecule has 0 aliphatic heterocycles. The highest BCUT2D eigenvalue weighted by Gasteiger charge is 2.26. The lowest BCUT2D eigenvalue weighted by Gasteiger charge is -2.31. The summed E-state index contributed by atoms with van der Waals surface area (Å²) in [7, 11) is 0. The fourth-order valence-corrected chi connectivity index (χ4v) is 1.61. The van der Waals surface area contributed by atoms with Crippen LogP contribution in [0.1, 0.15) is 26.2 Å². The molecule has 1 aliphatic carbocycles. The van der Waals surface area contributed by atoms with Crippen molar-refractivity contribution in [2.75, 3.05) is 5.88 Å². The highest BCUT2D eigenvalue weighted by molar-refractivity contribution is 6.28. The largest absolute Gasteiger partial charge is 0.332 e. The first-order valence-electron chi connectivity index (χ1n) is 4.89. The molecule has 0 aromatic carbocycles. The van der Waals surface area contributed by atoms with Crippen molar-refractivity contribution in [2.45, 2.75) is 31.7 Å². The number of imide groups is 1. The Labute approximate surface area is 94.1 Å². The third-order valence-electron chi connectivity index (χ3n) is 2.39. The van der Waals surface area contributed by atoms with Crippen LogP contribution in [0.15, 0.2) is 12.2 Å². The van der Waals surface area contributed by atoms with Crippen LogP contribution in [-0.4, -0.2) is 23.4 Å². The van der Waals surface area contributed by atoms with Crippen LogP contribution >= 0.6 is 11.6 Å². The van der Waals surface area contributed by atoms with Crippen LogP contribution in [0.2, 0.25) is 0 Å². The molecule has 0 fully saturated rings. The van der Waals surface area contributed by atoms with E-state index in [1.807, 2.05) is 13.0 Å². The van der Waals surface area contributed by atoms with E-state index in [4.69, 9.17) is 11.6 Å². The molecule has 4 nitrogen and oxygen atoms in total. The molecule has 0 radical (unpaired) electrons. The summed E-state index contributed by atoms with van der Waals surface area (Å²) in [5, 5.41) is 4.94. The molecule has 1 aliphatic rings. The lowest BCUT2D eigenvalue weighted by atomic mass is 9.88. The van der Waals surface area contributed by atoms with E-state index < -0.39 is 11.9 Å². The van der Waals surface area contributed by atoms with E-state index in [0.717, 1.165) is 19.3 Å². The number of amides is 3. The number of hydrogen-bond donors (Lipinski definition) is 2. The number of halogens is 1. The fraction of sp³-hybridized carbons (Fsp3) is 0.600. The summed E-state index contributed by atoms with van der Waals surface area (Å²) >= 11 is 5.27. The summed E-state index contributed by atoms with van der Waals surface area (Å²) < 4.78 is 0. The average Bonchev–Trinajstić information content (AvgIpc) is 2.17. The Kier molecular flexibility index (Phi) is 4.15. The normalized spacial score (nSPS) is 24.7. The molecule has 3 amide bonds. The van der Waals surface area contributed by atoms with Gasteiger partial charge in [-0.25, -0.2) is 4.79 Å². The molecule has 1 atom stereocenters. The summed E-state index contributed by atoms with van der Waals surface area (Å²) in [6.45, 7) is 1.96. The smallest absolute Gasteiger partial charge is 0.321 e. The first kappa shape index (κ1) is 12.0. The van der Waals surface area contributed by atoms with E-state index in [0.29, 0.717) is 0 Å². The molecule has 0 saturated carbocycles. The molecule has 5 heteroatoms. The zero-order valence-corrected chi connectivity index (χ0v) is 9.43. The van der Waals surface area contributed by atoms with Crippen molar-refractivity contribution in [3.05, 3.63) is 12.2 Å². The monoisotopic (exact) mass is 230 g/mol. The molecule has 84 valence electrons. The molecule has 0 aromatic rings. The zero-order valence-electron chi connectivity index (χ0n) is 8.68. The summed E-state index contributed by atoms with van der Waals surface area (Å²) in [4.78, 5) is 22.2. The Morgan fingerprint density at radius 2 is 2.20 bits per heavy atom. The minimum absolute atomic E-state index is 0.204. The SMILES string of the molecule is CC1(NC(=O)NC(=O)CCl)CC=CCC1. The molecule has 0 heterocycles. The van der Waals surface area contributed by atoms with Gasteiger partial charge in [0, 0.05) is 5.54 Å². The Balaban J connectivity index is 2.43. The number of allylic oxidation sites excluding steroid dienone is 1. The van der Waals surface area contributed by atoms with Gasteiger partial charge < -0.3 is 5.32 Å². The van der Waals surface area contributed by atoms with Crippen LogP contribution in [-0.2, 0) is 4.79 Å². The highest BCUT2D eigenvalue weighted by Crippen LogP contribution is 2.22. The molecule has 0 bridgehead atoms. The van der Waals surface area contributed by atoms with Gasteiger partial charge in [-0.2, -0.15) is 0 Å². The van der Waals surface area contributed by atoms with Gasteiger partial charge in [0.15, 0.2) is 0 Å². The zero-order chi connectivity index (χ0) is 11.3. The molecule has 0 spiro atoms. The van der Waals surface area contributed by atoms with Crippen molar-refractivity contribution < 1.29 is 9.59 Å². The van der Waals surface area contributed by atoms with Gasteiger partial charge in [0.2, 0.25) is 5.91 Å². The Morgan fingerprint density at radius 1 is 1.47 bits per heavy atom. The van der Waals surface area contributed by atoms with Crippen molar-refractivity contribution in [1.29, 1.82) is 0 Å². The van der Waals surface area contributed by atoms with Gasteiger partial charge in [-0.05, 0) is 26.2 Å². The van der Waals surface area contributed by atoms with Crippen molar-refractivity contribution in [1.82, 2.24) is 10.6 Å². The summed E-state index contributed by atoms with van der Waals surface area (Å²) in [6.07, 6.45) is 6.74. The van der Waals surface area contributed by atoms with E-state index in [9.17, 15) is 9.59 Å². The van der Waals surface area contributed by atoms with E-state index >= 15 is 0 Å². The summed E-state index contributed by atoms with van der Waals surface area (Å²) in [5.41, 5.74) is -0.259. The van der Waals surface area contributed by atoms with Crippen LogP contribution in [0.5, 0.6) is 0 Å². The van der Waals surface area contributed by atoms with Gasteiger partial charge in [-0.1, -0.05) is 12.2 Å². The van der Waals surface area contributed by atoms with Crippen LogP contribution < -0.4 is 10.6 Å². The van der Waals surface area contributed by atoms with Crippen molar-refractivity contribution in [2.24, 2.45) is 0 Å². The summed E-state index contributed by atoms with van der Waals surface area (Å²) in [6, 6.07) is -0.474. The van der Waals surface area contributed by atoms with Gasteiger partial charge in [0.25, 0.3) is 0 Å². The lowest BCUT2D eigenvalue weighted by molar-refractivity contribution is -0.117. The Morgan fingerprint density at radius 3 is 2.73 bits per heavy atom. The van der Waals surface area contributed by atoms with Gasteiger partial charge in [0.05, 0.1) is 0 Å². The van der Waals surface area contributed by atoms with Gasteiger partial charge in [-0.15, -0.1) is 11.6 Å². The van der Waals surface area contributed by atoms with Crippen molar-refractivity contribution in [3.8, 4) is 0 Å². The van der Waals surface area contributed by atoms with Crippen LogP contribution in [0.25, 0.3) is 0 Å². The van der Waals surface area contributed by atoms with Crippen molar-refractivity contribution >= 4 is 23.5 Å². The van der Waals surface area contributed by atoms with E-state index in [1.165, 1.54) is 0 Å². The van der Waals surface area contributed by atoms with Crippen molar-refractivity contribution in [3.63, 3.8) is 0 Å². The number of hydrogen-bond acceptors (Lipinski definition) is 2. The number of nitrogens with one attached hydrogen (secondary N) is 2. The standard InChI is InChI=1S/C10H15ClN2O2/c1-10(5-3-2-4-6-10)13-9(15)12-8(14)7-11/h2-3H,4-7H2,1H3,(H2,12,13,14,15). The van der Waals surface area contributed by atoms with E-state index in [-0.39, 0.29) is 11.4 Å².